The van der Waals surface area contributed by atoms with E-state index in [4.69, 9.17) is 0 Å². The van der Waals surface area contributed by atoms with E-state index in [1.807, 2.05) is 0 Å². The van der Waals surface area contributed by atoms with Gasteiger partial charge in [0.2, 0.25) is 0 Å². The average molecular weight is 227 g/mol. The molecule has 0 spiro atoms. The molecule has 0 aromatic rings. The minimum absolute atomic E-state index is 0.608. The summed E-state index contributed by atoms with van der Waals surface area (Å²) in [6, 6.07) is 0.608. The van der Waals surface area contributed by atoms with E-state index in [0.717, 1.165) is 12.5 Å². The second kappa shape index (κ2) is 7.25. The molecule has 1 aliphatic rings. The fraction of sp³-hybridized carbons (Fsp3) is 1.00. The lowest BCUT2D eigenvalue weighted by Gasteiger charge is -2.20. The van der Waals surface area contributed by atoms with E-state index in [-0.39, 0.29) is 0 Å². The predicted molar refractivity (Wildman–Crippen MR) is 70.9 cm³/mol. The smallest absolute Gasteiger partial charge is 0.0104 e. The lowest BCUT2D eigenvalue weighted by molar-refractivity contribution is 0.293. The minimum Gasteiger partial charge on any atom is -0.313 e. The Bertz CT molecular complexity index is 182. The monoisotopic (exact) mass is 227 g/mol. The van der Waals surface area contributed by atoms with Crippen LogP contribution in [0.25, 0.3) is 0 Å². The zero-order chi connectivity index (χ0) is 12.0. The SMILES string of the molecule is CC(C)NCCN(C)CCC1CCN(C)C1. The first kappa shape index (κ1) is 13.9. The van der Waals surface area contributed by atoms with Crippen molar-refractivity contribution < 1.29 is 0 Å². The van der Waals surface area contributed by atoms with Gasteiger partial charge < -0.3 is 15.1 Å². The van der Waals surface area contributed by atoms with Gasteiger partial charge in [0.15, 0.2) is 0 Å². The van der Waals surface area contributed by atoms with Gasteiger partial charge in [-0.2, -0.15) is 0 Å². The van der Waals surface area contributed by atoms with Crippen LogP contribution in [0.1, 0.15) is 26.7 Å². The third-order valence-electron chi connectivity index (χ3n) is 3.45. The van der Waals surface area contributed by atoms with Gasteiger partial charge in [0.1, 0.15) is 0 Å². The normalized spacial score (nSPS) is 22.5. The third-order valence-corrected chi connectivity index (χ3v) is 3.45. The summed E-state index contributed by atoms with van der Waals surface area (Å²) >= 11 is 0. The second-order valence-electron chi connectivity index (χ2n) is 5.62. The summed E-state index contributed by atoms with van der Waals surface area (Å²) < 4.78 is 0. The van der Waals surface area contributed by atoms with Crippen LogP contribution in [0.3, 0.4) is 0 Å². The number of likely N-dealkylation sites (tertiary alicyclic amines) is 1. The number of nitrogens with zero attached hydrogens (tertiary/aromatic N) is 2. The summed E-state index contributed by atoms with van der Waals surface area (Å²) in [7, 11) is 4.47. The van der Waals surface area contributed by atoms with E-state index in [1.54, 1.807) is 0 Å². The van der Waals surface area contributed by atoms with Crippen LogP contribution in [-0.4, -0.2) is 62.7 Å². The molecule has 0 radical (unpaired) electrons. The van der Waals surface area contributed by atoms with Crippen molar-refractivity contribution >= 4 is 0 Å². The Morgan fingerprint density at radius 3 is 2.69 bits per heavy atom. The highest BCUT2D eigenvalue weighted by Gasteiger charge is 2.19. The Labute approximate surface area is 101 Å². The van der Waals surface area contributed by atoms with Crippen molar-refractivity contribution in [2.75, 3.05) is 46.8 Å². The molecule has 0 aliphatic carbocycles. The number of likely N-dealkylation sites (N-methyl/N-ethyl adjacent to an activating group) is 1. The van der Waals surface area contributed by atoms with Gasteiger partial charge in [-0.05, 0) is 45.9 Å². The van der Waals surface area contributed by atoms with Gasteiger partial charge in [-0.3, -0.25) is 0 Å². The number of nitrogens with one attached hydrogen (secondary N) is 1. The highest BCUT2D eigenvalue weighted by Crippen LogP contribution is 2.17. The van der Waals surface area contributed by atoms with Gasteiger partial charge in [0.25, 0.3) is 0 Å². The average Bonchev–Trinajstić information content (AvgIpc) is 2.61. The summed E-state index contributed by atoms with van der Waals surface area (Å²) in [6.45, 7) is 10.5. The third kappa shape index (κ3) is 5.83. The van der Waals surface area contributed by atoms with Gasteiger partial charge >= 0.3 is 0 Å². The van der Waals surface area contributed by atoms with Gasteiger partial charge in [0, 0.05) is 25.7 Å². The summed E-state index contributed by atoms with van der Waals surface area (Å²) in [5.41, 5.74) is 0. The van der Waals surface area contributed by atoms with E-state index in [2.05, 4.69) is 43.1 Å². The van der Waals surface area contributed by atoms with Gasteiger partial charge in [-0.15, -0.1) is 0 Å². The Morgan fingerprint density at radius 2 is 2.12 bits per heavy atom. The van der Waals surface area contributed by atoms with E-state index in [0.29, 0.717) is 6.04 Å². The zero-order valence-corrected chi connectivity index (χ0v) is 11.5. The summed E-state index contributed by atoms with van der Waals surface area (Å²) in [6.07, 6.45) is 2.76. The molecule has 16 heavy (non-hydrogen) atoms. The van der Waals surface area contributed by atoms with E-state index < -0.39 is 0 Å². The molecule has 0 amide bonds. The summed E-state index contributed by atoms with van der Waals surface area (Å²) in [5.74, 6) is 0.936. The molecule has 3 heteroatoms. The number of hydrogen-bond acceptors (Lipinski definition) is 3. The van der Waals surface area contributed by atoms with Gasteiger partial charge in [-0.1, -0.05) is 13.8 Å². The molecule has 1 atom stereocenters. The predicted octanol–water partition coefficient (Wildman–Crippen LogP) is 1.26. The van der Waals surface area contributed by atoms with E-state index in [1.165, 1.54) is 39.0 Å². The first-order chi connectivity index (χ1) is 7.58. The van der Waals surface area contributed by atoms with Crippen LogP contribution in [0.4, 0.5) is 0 Å². The van der Waals surface area contributed by atoms with Crippen molar-refractivity contribution in [1.29, 1.82) is 0 Å². The Hall–Kier alpha value is -0.120. The number of rotatable bonds is 7. The van der Waals surface area contributed by atoms with E-state index >= 15 is 0 Å². The molecule has 0 aromatic carbocycles. The topological polar surface area (TPSA) is 18.5 Å². The van der Waals surface area contributed by atoms with E-state index in [9.17, 15) is 0 Å². The maximum Gasteiger partial charge on any atom is 0.0104 e. The Balaban J connectivity index is 1.99. The van der Waals surface area contributed by atoms with Crippen LogP contribution in [0, 0.1) is 5.92 Å². The van der Waals surface area contributed by atoms with Crippen LogP contribution in [-0.2, 0) is 0 Å². The quantitative estimate of drug-likeness (QED) is 0.706. The minimum atomic E-state index is 0.608. The molecule has 0 saturated carbocycles. The lowest BCUT2D eigenvalue weighted by Crippen LogP contribution is -2.33. The van der Waals surface area contributed by atoms with Crippen molar-refractivity contribution in [2.45, 2.75) is 32.7 Å². The largest absolute Gasteiger partial charge is 0.313 e. The highest BCUT2D eigenvalue weighted by atomic mass is 15.1. The molecule has 96 valence electrons. The molecule has 1 aliphatic heterocycles. The molecule has 1 N–H and O–H groups in total. The summed E-state index contributed by atoms with van der Waals surface area (Å²) in [4.78, 5) is 4.90. The van der Waals surface area contributed by atoms with Crippen LogP contribution < -0.4 is 5.32 Å². The number of hydrogen-bond donors (Lipinski definition) is 1. The fourth-order valence-corrected chi connectivity index (χ4v) is 2.32. The molecule has 1 rings (SSSR count). The Morgan fingerprint density at radius 1 is 1.38 bits per heavy atom. The van der Waals surface area contributed by atoms with Gasteiger partial charge in [0.05, 0.1) is 0 Å². The van der Waals surface area contributed by atoms with Crippen LogP contribution >= 0.6 is 0 Å². The first-order valence-electron chi connectivity index (χ1n) is 6.68. The highest BCUT2D eigenvalue weighted by molar-refractivity contribution is 4.73. The lowest BCUT2D eigenvalue weighted by atomic mass is 10.1. The fourth-order valence-electron chi connectivity index (χ4n) is 2.32. The molecule has 1 heterocycles. The molecular weight excluding hydrogens is 198 g/mol. The van der Waals surface area contributed by atoms with Crippen LogP contribution in [0.15, 0.2) is 0 Å². The van der Waals surface area contributed by atoms with Crippen molar-refractivity contribution in [3.8, 4) is 0 Å². The molecule has 0 aromatic heterocycles. The summed E-state index contributed by atoms with van der Waals surface area (Å²) in [5, 5.41) is 3.46. The van der Waals surface area contributed by atoms with Crippen LogP contribution in [0.5, 0.6) is 0 Å². The molecule has 1 fully saturated rings. The van der Waals surface area contributed by atoms with Gasteiger partial charge in [-0.25, -0.2) is 0 Å². The maximum absolute atomic E-state index is 3.46. The standard InChI is InChI=1S/C13H29N3/c1-12(2)14-7-10-15(3)8-5-13-6-9-16(4)11-13/h12-14H,5-11H2,1-4H3. The molecule has 1 saturated heterocycles. The zero-order valence-electron chi connectivity index (χ0n) is 11.5. The molecule has 0 bridgehead atoms. The van der Waals surface area contributed by atoms with Crippen LogP contribution in [0.2, 0.25) is 0 Å². The van der Waals surface area contributed by atoms with Crippen molar-refractivity contribution in [3.05, 3.63) is 0 Å². The van der Waals surface area contributed by atoms with Crippen molar-refractivity contribution in [2.24, 2.45) is 5.92 Å². The van der Waals surface area contributed by atoms with Crippen molar-refractivity contribution in [1.82, 2.24) is 15.1 Å². The molecule has 1 unspecified atom stereocenters. The second-order valence-corrected chi connectivity index (χ2v) is 5.62. The maximum atomic E-state index is 3.46. The van der Waals surface area contributed by atoms with Crippen molar-refractivity contribution in [3.63, 3.8) is 0 Å². The molecule has 3 nitrogen and oxygen atoms in total. The molecular formula is C13H29N3. The Kier molecular flexibility index (Phi) is 6.32. The first-order valence-corrected chi connectivity index (χ1v) is 6.68.